The predicted octanol–water partition coefficient (Wildman–Crippen LogP) is 4.39. The maximum absolute atomic E-state index is 13.5. The highest BCUT2D eigenvalue weighted by Gasteiger charge is 2.23. The second-order valence-corrected chi connectivity index (χ2v) is 5.42. The summed E-state index contributed by atoms with van der Waals surface area (Å²) >= 11 is 3.57. The van der Waals surface area contributed by atoms with Crippen LogP contribution in [0.15, 0.2) is 18.2 Å². The van der Waals surface area contributed by atoms with E-state index in [4.69, 9.17) is 0 Å². The fourth-order valence-electron chi connectivity index (χ4n) is 2.25. The molecule has 82 valence electrons. The molecule has 1 saturated carbocycles. The Kier molecular flexibility index (Phi) is 3.39. The van der Waals surface area contributed by atoms with Gasteiger partial charge >= 0.3 is 0 Å². The molecule has 0 nitrogen and oxygen atoms in total. The van der Waals surface area contributed by atoms with Crippen LogP contribution in [0.3, 0.4) is 0 Å². The molecule has 0 heterocycles. The van der Waals surface area contributed by atoms with Gasteiger partial charge in [0.25, 0.3) is 0 Å². The van der Waals surface area contributed by atoms with Crippen molar-refractivity contribution in [3.63, 3.8) is 0 Å². The highest BCUT2D eigenvalue weighted by Crippen LogP contribution is 2.36. The standard InChI is InChI=1S/C12H13BrF2/c13-9-3-1-2-8(6-9)11-5-4-10(14)7-12(11)15/h4-5,7-9H,1-3,6H2. The number of halogens is 3. The second-order valence-electron chi connectivity index (χ2n) is 4.13. The molecule has 0 N–H and O–H groups in total. The molecular formula is C12H13BrF2. The first-order valence-corrected chi connectivity index (χ1v) is 6.17. The summed E-state index contributed by atoms with van der Waals surface area (Å²) in [6.07, 6.45) is 4.21. The van der Waals surface area contributed by atoms with Gasteiger partial charge in [-0.05, 0) is 36.8 Å². The smallest absolute Gasteiger partial charge is 0.129 e. The summed E-state index contributed by atoms with van der Waals surface area (Å²) in [5.74, 6) is -0.659. The van der Waals surface area contributed by atoms with E-state index < -0.39 is 11.6 Å². The zero-order valence-corrected chi connectivity index (χ0v) is 9.94. The molecule has 15 heavy (non-hydrogen) atoms. The Balaban J connectivity index is 2.21. The quantitative estimate of drug-likeness (QED) is 0.667. The first-order chi connectivity index (χ1) is 7.16. The van der Waals surface area contributed by atoms with Crippen LogP contribution in [0.5, 0.6) is 0 Å². The van der Waals surface area contributed by atoms with Gasteiger partial charge in [-0.3, -0.25) is 0 Å². The number of alkyl halides is 1. The molecule has 1 fully saturated rings. The van der Waals surface area contributed by atoms with E-state index in [1.807, 2.05) is 0 Å². The van der Waals surface area contributed by atoms with Crippen LogP contribution in [0.2, 0.25) is 0 Å². The van der Waals surface area contributed by atoms with Crippen LogP contribution in [-0.2, 0) is 0 Å². The molecule has 2 unspecified atom stereocenters. The van der Waals surface area contributed by atoms with Gasteiger partial charge < -0.3 is 0 Å². The first kappa shape index (κ1) is 11.1. The van der Waals surface area contributed by atoms with Gasteiger partial charge in [-0.2, -0.15) is 0 Å². The van der Waals surface area contributed by atoms with Crippen molar-refractivity contribution < 1.29 is 8.78 Å². The Hall–Kier alpha value is -0.440. The molecule has 0 saturated heterocycles. The van der Waals surface area contributed by atoms with Crippen LogP contribution in [0.1, 0.15) is 37.2 Å². The molecule has 1 aliphatic carbocycles. The van der Waals surface area contributed by atoms with Gasteiger partial charge in [0.15, 0.2) is 0 Å². The Bertz CT molecular complexity index is 351. The molecule has 0 radical (unpaired) electrons. The summed E-state index contributed by atoms with van der Waals surface area (Å²) in [5, 5.41) is 0. The van der Waals surface area contributed by atoms with Gasteiger partial charge in [-0.25, -0.2) is 8.78 Å². The average Bonchev–Trinajstić information content (AvgIpc) is 2.17. The molecule has 2 rings (SSSR count). The fraction of sp³-hybridized carbons (Fsp3) is 0.500. The number of benzene rings is 1. The topological polar surface area (TPSA) is 0 Å². The summed E-state index contributed by atoms with van der Waals surface area (Å²) in [6, 6.07) is 3.91. The monoisotopic (exact) mass is 274 g/mol. The molecule has 1 aliphatic rings. The number of hydrogen-bond donors (Lipinski definition) is 0. The summed E-state index contributed by atoms with van der Waals surface area (Å²) in [5.41, 5.74) is 0.667. The maximum Gasteiger partial charge on any atom is 0.129 e. The van der Waals surface area contributed by atoms with Crippen LogP contribution >= 0.6 is 15.9 Å². The van der Waals surface area contributed by atoms with E-state index in [1.165, 1.54) is 6.07 Å². The molecule has 0 spiro atoms. The summed E-state index contributed by atoms with van der Waals surface area (Å²) in [6.45, 7) is 0. The normalized spacial score (nSPS) is 26.6. The van der Waals surface area contributed by atoms with Crippen LogP contribution in [0.4, 0.5) is 8.78 Å². The van der Waals surface area contributed by atoms with E-state index in [9.17, 15) is 8.78 Å². The molecular weight excluding hydrogens is 262 g/mol. The molecule has 1 aromatic carbocycles. The minimum atomic E-state index is -0.498. The number of rotatable bonds is 1. The van der Waals surface area contributed by atoms with Crippen molar-refractivity contribution in [1.29, 1.82) is 0 Å². The Morgan fingerprint density at radius 2 is 2.00 bits per heavy atom. The second kappa shape index (κ2) is 4.60. The third-order valence-electron chi connectivity index (χ3n) is 3.01. The van der Waals surface area contributed by atoms with Crippen molar-refractivity contribution in [2.45, 2.75) is 36.4 Å². The minimum absolute atomic E-state index is 0.240. The van der Waals surface area contributed by atoms with E-state index >= 15 is 0 Å². The van der Waals surface area contributed by atoms with Crippen molar-refractivity contribution in [2.75, 3.05) is 0 Å². The molecule has 0 bridgehead atoms. The zero-order chi connectivity index (χ0) is 10.8. The van der Waals surface area contributed by atoms with E-state index in [1.54, 1.807) is 6.07 Å². The Morgan fingerprint density at radius 3 is 2.67 bits per heavy atom. The van der Waals surface area contributed by atoms with Crippen molar-refractivity contribution in [1.82, 2.24) is 0 Å². The third-order valence-corrected chi connectivity index (χ3v) is 3.84. The lowest BCUT2D eigenvalue weighted by Crippen LogP contribution is -2.14. The minimum Gasteiger partial charge on any atom is -0.207 e. The predicted molar refractivity (Wildman–Crippen MR) is 60.3 cm³/mol. The Labute approximate surface area is 96.8 Å². The van der Waals surface area contributed by atoms with E-state index in [0.717, 1.165) is 31.7 Å². The largest absolute Gasteiger partial charge is 0.207 e. The molecule has 0 aromatic heterocycles. The van der Waals surface area contributed by atoms with E-state index in [2.05, 4.69) is 15.9 Å². The van der Waals surface area contributed by atoms with Gasteiger partial charge in [0.2, 0.25) is 0 Å². The van der Waals surface area contributed by atoms with Gasteiger partial charge in [0, 0.05) is 10.9 Å². The van der Waals surface area contributed by atoms with Crippen molar-refractivity contribution in [2.24, 2.45) is 0 Å². The zero-order valence-electron chi connectivity index (χ0n) is 8.35. The van der Waals surface area contributed by atoms with E-state index in [0.29, 0.717) is 10.4 Å². The van der Waals surface area contributed by atoms with Crippen LogP contribution in [0.25, 0.3) is 0 Å². The Morgan fingerprint density at radius 1 is 1.20 bits per heavy atom. The third kappa shape index (κ3) is 2.57. The van der Waals surface area contributed by atoms with Crippen LogP contribution < -0.4 is 0 Å². The van der Waals surface area contributed by atoms with E-state index in [-0.39, 0.29) is 5.92 Å². The molecule has 1 aromatic rings. The maximum atomic E-state index is 13.5. The summed E-state index contributed by atoms with van der Waals surface area (Å²) < 4.78 is 26.2. The number of hydrogen-bond acceptors (Lipinski definition) is 0. The van der Waals surface area contributed by atoms with Gasteiger partial charge in [0.1, 0.15) is 11.6 Å². The van der Waals surface area contributed by atoms with Crippen molar-refractivity contribution in [3.8, 4) is 0 Å². The van der Waals surface area contributed by atoms with Crippen LogP contribution in [0, 0.1) is 11.6 Å². The lowest BCUT2D eigenvalue weighted by atomic mass is 9.84. The van der Waals surface area contributed by atoms with Gasteiger partial charge in [-0.1, -0.05) is 28.4 Å². The van der Waals surface area contributed by atoms with Gasteiger partial charge in [0.05, 0.1) is 0 Å². The highest BCUT2D eigenvalue weighted by atomic mass is 79.9. The molecule has 0 amide bonds. The summed E-state index contributed by atoms with van der Waals surface area (Å²) in [4.78, 5) is 0.473. The summed E-state index contributed by atoms with van der Waals surface area (Å²) in [7, 11) is 0. The SMILES string of the molecule is Fc1ccc(C2CCCC(Br)C2)c(F)c1. The lowest BCUT2D eigenvalue weighted by molar-refractivity contribution is 0.440. The van der Waals surface area contributed by atoms with Crippen molar-refractivity contribution in [3.05, 3.63) is 35.4 Å². The van der Waals surface area contributed by atoms with Crippen LogP contribution in [-0.4, -0.2) is 4.83 Å². The highest BCUT2D eigenvalue weighted by molar-refractivity contribution is 9.09. The molecule has 2 atom stereocenters. The van der Waals surface area contributed by atoms with Crippen molar-refractivity contribution >= 4 is 15.9 Å². The molecule has 3 heteroatoms. The first-order valence-electron chi connectivity index (χ1n) is 5.26. The molecule has 0 aliphatic heterocycles. The fourth-order valence-corrected chi connectivity index (χ4v) is 3.02. The van der Waals surface area contributed by atoms with Gasteiger partial charge in [-0.15, -0.1) is 0 Å². The lowest BCUT2D eigenvalue weighted by Gasteiger charge is -2.26. The average molecular weight is 275 g/mol.